The van der Waals surface area contributed by atoms with Gasteiger partial charge in [-0.25, -0.2) is 0 Å². The number of amides is 3. The third kappa shape index (κ3) is 8.00. The molecule has 1 saturated carbocycles. The summed E-state index contributed by atoms with van der Waals surface area (Å²) in [5.41, 5.74) is 7.27. The molecule has 9 rings (SSSR count). The molecular weight excluding hydrogens is 766 g/mol. The number of aldehydes is 2. The SMILES string of the molecule is CN1CC2(CC(N3Cc4cc(C=O)c(C(=O)N(C)C5CCC(=O)NC5=O)cc4C3)C2)C1.C[C@H]1CC2(CCN(c3ccc(C=O)cc3)CC2)CN1c1ccc(C#N)c(Cl)c1. The van der Waals surface area contributed by atoms with Crippen LogP contribution in [-0.2, 0) is 22.7 Å². The van der Waals surface area contributed by atoms with Crippen LogP contribution in [0.3, 0.4) is 0 Å². The minimum absolute atomic E-state index is 0.201. The van der Waals surface area contributed by atoms with E-state index in [4.69, 9.17) is 16.9 Å². The van der Waals surface area contributed by atoms with Crippen molar-refractivity contribution >= 4 is 53.3 Å². The molecule has 5 fully saturated rings. The maximum absolute atomic E-state index is 13.2. The van der Waals surface area contributed by atoms with E-state index in [1.165, 1.54) is 42.9 Å². The summed E-state index contributed by atoms with van der Waals surface area (Å²) in [6.07, 6.45) is 8.04. The molecule has 1 unspecified atom stereocenters. The van der Waals surface area contributed by atoms with E-state index < -0.39 is 11.9 Å². The highest BCUT2D eigenvalue weighted by molar-refractivity contribution is 6.32. The number of likely N-dealkylation sites (N-methyl/N-ethyl adjacent to an activating group) is 1. The Labute approximate surface area is 351 Å². The molecule has 308 valence electrons. The molecule has 5 heterocycles. The fourth-order valence-electron chi connectivity index (χ4n) is 10.8. The average molecular weight is 818 g/mol. The first-order valence-corrected chi connectivity index (χ1v) is 21.1. The van der Waals surface area contributed by atoms with Gasteiger partial charge in [-0.2, -0.15) is 5.26 Å². The van der Waals surface area contributed by atoms with E-state index in [0.717, 1.165) is 80.5 Å². The third-order valence-electron chi connectivity index (χ3n) is 13.9. The van der Waals surface area contributed by atoms with Crippen LogP contribution in [0.15, 0.2) is 54.6 Å². The standard InChI is InChI=1S/C23H24ClN3O.C23H28N4O4/c1-17-13-23(16-27(17)21-7-4-19(14-25)22(24)12-21)8-10-26(11-9-23)20-5-2-18(15-28)3-6-20;1-25-12-23(13-25)7-17(8-23)27-9-14-5-16(11-28)18(6-15(14)10-27)22(31)26(2)19-3-4-20(29)24-21(19)30/h2-7,12,15,17H,8-11,13,16H2,1H3;5-6,11,17,19H,3-4,7-10,12-13H2,1-2H3,(H,24,29,30)/t17-;/m0./s1. The van der Waals surface area contributed by atoms with Crippen molar-refractivity contribution in [3.05, 3.63) is 93.0 Å². The van der Waals surface area contributed by atoms with Gasteiger partial charge in [0.1, 0.15) is 18.4 Å². The molecule has 3 amide bonds. The van der Waals surface area contributed by atoms with Gasteiger partial charge in [0.25, 0.3) is 5.91 Å². The molecule has 3 aromatic carbocycles. The van der Waals surface area contributed by atoms with Gasteiger partial charge in [-0.05, 0) is 129 Å². The Hall–Kier alpha value is -5.09. The van der Waals surface area contributed by atoms with Gasteiger partial charge in [0, 0.05) is 93.9 Å². The number of hydrogen-bond donors (Lipinski definition) is 1. The van der Waals surface area contributed by atoms with Crippen LogP contribution in [0.2, 0.25) is 5.02 Å². The zero-order valence-electron chi connectivity index (χ0n) is 34.1. The lowest BCUT2D eigenvalue weighted by Crippen LogP contribution is -2.64. The maximum atomic E-state index is 13.2. The number of piperidine rings is 2. The summed E-state index contributed by atoms with van der Waals surface area (Å²) < 4.78 is 0. The number of imide groups is 1. The van der Waals surface area contributed by atoms with Gasteiger partial charge < -0.3 is 19.6 Å². The van der Waals surface area contributed by atoms with Crippen LogP contribution in [-0.4, -0.2) is 110 Å². The van der Waals surface area contributed by atoms with Crippen LogP contribution >= 0.6 is 11.6 Å². The summed E-state index contributed by atoms with van der Waals surface area (Å²) in [4.78, 5) is 70.4. The molecular formula is C46H52ClN7O5. The number of nitrogens with zero attached hydrogens (tertiary/aromatic N) is 6. The molecule has 1 N–H and O–H groups in total. The Morgan fingerprint density at radius 2 is 1.59 bits per heavy atom. The van der Waals surface area contributed by atoms with Gasteiger partial charge in [0.15, 0.2) is 6.29 Å². The first-order valence-electron chi connectivity index (χ1n) is 20.7. The van der Waals surface area contributed by atoms with Crippen LogP contribution in [0.25, 0.3) is 0 Å². The van der Waals surface area contributed by atoms with Crippen LogP contribution in [0.1, 0.15) is 99.6 Å². The Balaban J connectivity index is 0.000000165. The van der Waals surface area contributed by atoms with Gasteiger partial charge in [-0.1, -0.05) is 11.6 Å². The van der Waals surface area contributed by atoms with Crippen molar-refractivity contribution in [2.75, 3.05) is 56.6 Å². The van der Waals surface area contributed by atoms with Crippen molar-refractivity contribution in [1.82, 2.24) is 20.0 Å². The highest BCUT2D eigenvalue weighted by atomic mass is 35.5. The average Bonchev–Trinajstić information content (AvgIpc) is 3.77. The van der Waals surface area contributed by atoms with E-state index in [9.17, 15) is 24.0 Å². The third-order valence-corrected chi connectivity index (χ3v) is 14.2. The van der Waals surface area contributed by atoms with E-state index in [0.29, 0.717) is 51.0 Å². The Kier molecular flexibility index (Phi) is 11.1. The number of carbonyl (C=O) groups excluding carboxylic acids is 5. The van der Waals surface area contributed by atoms with Gasteiger partial charge in [0.2, 0.25) is 11.8 Å². The second-order valence-electron chi connectivity index (χ2n) is 18.0. The lowest BCUT2D eigenvalue weighted by molar-refractivity contribution is -0.136. The quantitative estimate of drug-likeness (QED) is 0.234. The van der Waals surface area contributed by atoms with E-state index in [2.05, 4.69) is 45.0 Å². The molecule has 3 aromatic rings. The van der Waals surface area contributed by atoms with Crippen molar-refractivity contribution in [2.24, 2.45) is 10.8 Å². The normalized spacial score (nSPS) is 23.4. The molecule has 2 spiro atoms. The number of carbonyl (C=O) groups is 5. The van der Waals surface area contributed by atoms with Crippen molar-refractivity contribution in [3.63, 3.8) is 0 Å². The minimum Gasteiger partial charge on any atom is -0.371 e. The molecule has 6 aliphatic rings. The summed E-state index contributed by atoms with van der Waals surface area (Å²) in [6.45, 7) is 9.36. The number of likely N-dealkylation sites (tertiary alicyclic amines) is 1. The van der Waals surface area contributed by atoms with Crippen LogP contribution < -0.4 is 15.1 Å². The Bertz CT molecular complexity index is 2200. The summed E-state index contributed by atoms with van der Waals surface area (Å²) in [7, 11) is 3.72. The highest BCUT2D eigenvalue weighted by Crippen LogP contribution is 2.51. The van der Waals surface area contributed by atoms with E-state index in [1.807, 2.05) is 54.6 Å². The number of rotatable bonds is 7. The number of halogens is 1. The summed E-state index contributed by atoms with van der Waals surface area (Å²) >= 11 is 6.26. The summed E-state index contributed by atoms with van der Waals surface area (Å²) in [5.74, 6) is -1.15. The first-order chi connectivity index (χ1) is 28.3. The van der Waals surface area contributed by atoms with Crippen molar-refractivity contribution in [1.29, 1.82) is 5.26 Å². The zero-order valence-corrected chi connectivity index (χ0v) is 34.8. The zero-order chi connectivity index (χ0) is 41.6. The van der Waals surface area contributed by atoms with Gasteiger partial charge in [0.05, 0.1) is 16.1 Å². The summed E-state index contributed by atoms with van der Waals surface area (Å²) in [6, 6.07) is 19.7. The Morgan fingerprint density at radius 3 is 2.20 bits per heavy atom. The first kappa shape index (κ1) is 40.7. The molecule has 13 heteroatoms. The predicted molar refractivity (Wildman–Crippen MR) is 226 cm³/mol. The second-order valence-corrected chi connectivity index (χ2v) is 18.4. The Morgan fingerprint density at radius 1 is 0.915 bits per heavy atom. The molecule has 1 aliphatic carbocycles. The number of anilines is 2. The smallest absolute Gasteiger partial charge is 0.255 e. The van der Waals surface area contributed by atoms with Crippen LogP contribution in [0, 0.1) is 22.2 Å². The van der Waals surface area contributed by atoms with Gasteiger partial charge >= 0.3 is 0 Å². The van der Waals surface area contributed by atoms with E-state index in [-0.39, 0.29) is 18.2 Å². The summed E-state index contributed by atoms with van der Waals surface area (Å²) in [5, 5.41) is 11.9. The van der Waals surface area contributed by atoms with E-state index in [1.54, 1.807) is 7.05 Å². The van der Waals surface area contributed by atoms with Gasteiger partial charge in [-0.3, -0.25) is 34.2 Å². The lowest BCUT2D eigenvalue weighted by Gasteiger charge is -2.60. The number of nitriles is 1. The van der Waals surface area contributed by atoms with Crippen molar-refractivity contribution in [3.8, 4) is 6.07 Å². The molecule has 0 aromatic heterocycles. The molecule has 5 aliphatic heterocycles. The second kappa shape index (κ2) is 16.2. The molecule has 4 saturated heterocycles. The fraction of sp³-hybridized carbons (Fsp3) is 0.478. The van der Waals surface area contributed by atoms with Crippen molar-refractivity contribution < 1.29 is 24.0 Å². The lowest BCUT2D eigenvalue weighted by atomic mass is 9.60. The predicted octanol–water partition coefficient (Wildman–Crippen LogP) is 5.70. The minimum atomic E-state index is -0.707. The maximum Gasteiger partial charge on any atom is 0.255 e. The molecule has 12 nitrogen and oxygen atoms in total. The number of fused-ring (bicyclic) bond motifs is 1. The molecule has 2 atom stereocenters. The number of hydrogen-bond acceptors (Lipinski definition) is 10. The molecule has 59 heavy (non-hydrogen) atoms. The molecule has 0 radical (unpaired) electrons. The topological polar surface area (TPSA) is 137 Å². The molecule has 0 bridgehead atoms. The largest absolute Gasteiger partial charge is 0.371 e. The van der Waals surface area contributed by atoms with E-state index >= 15 is 0 Å². The van der Waals surface area contributed by atoms with Crippen LogP contribution in [0.5, 0.6) is 0 Å². The van der Waals surface area contributed by atoms with Gasteiger partial charge in [-0.15, -0.1) is 0 Å². The fourth-order valence-corrected chi connectivity index (χ4v) is 11.0. The highest BCUT2D eigenvalue weighted by Gasteiger charge is 2.53. The number of benzene rings is 3. The van der Waals surface area contributed by atoms with Crippen molar-refractivity contribution in [2.45, 2.75) is 83.1 Å². The monoisotopic (exact) mass is 817 g/mol. The van der Waals surface area contributed by atoms with Crippen LogP contribution in [0.4, 0.5) is 11.4 Å². The number of nitrogens with one attached hydrogen (secondary N) is 1.